The lowest BCUT2D eigenvalue weighted by atomic mass is 9.94. The second kappa shape index (κ2) is 9.72. The molecule has 2 amide bonds. The van der Waals surface area contributed by atoms with Crippen LogP contribution in [0.15, 0.2) is 78.4 Å². The van der Waals surface area contributed by atoms with Gasteiger partial charge < -0.3 is 19.9 Å². The van der Waals surface area contributed by atoms with E-state index in [0.29, 0.717) is 34.0 Å². The number of methoxy groups -OCH3 is 2. The fraction of sp³-hybridized carbons (Fsp3) is 0.148. The summed E-state index contributed by atoms with van der Waals surface area (Å²) < 4.78 is 10.8. The molecule has 0 aliphatic carbocycles. The zero-order valence-corrected chi connectivity index (χ0v) is 19.4. The number of rotatable bonds is 6. The molecule has 1 fully saturated rings. The largest absolute Gasteiger partial charge is 0.507 e. The summed E-state index contributed by atoms with van der Waals surface area (Å²) in [6.45, 7) is 1.40. The number of carbonyl (C=O) groups excluding carboxylic acids is 3. The van der Waals surface area contributed by atoms with Crippen LogP contribution in [-0.2, 0) is 14.4 Å². The summed E-state index contributed by atoms with van der Waals surface area (Å²) in [5, 5.41) is 13.8. The molecule has 1 atom stereocenters. The topological polar surface area (TPSA) is 105 Å². The summed E-state index contributed by atoms with van der Waals surface area (Å²) in [6.07, 6.45) is 0. The molecule has 3 aromatic carbocycles. The number of ketones is 1. The van der Waals surface area contributed by atoms with Gasteiger partial charge in [-0.3, -0.25) is 19.3 Å². The summed E-state index contributed by atoms with van der Waals surface area (Å²) in [5.41, 5.74) is 1.89. The van der Waals surface area contributed by atoms with Gasteiger partial charge in [0.2, 0.25) is 5.91 Å². The molecule has 1 heterocycles. The van der Waals surface area contributed by atoms with Gasteiger partial charge in [-0.25, -0.2) is 0 Å². The zero-order chi connectivity index (χ0) is 25.1. The van der Waals surface area contributed by atoms with Crippen molar-refractivity contribution in [2.45, 2.75) is 13.0 Å². The number of nitrogens with one attached hydrogen (secondary N) is 1. The molecule has 0 radical (unpaired) electrons. The van der Waals surface area contributed by atoms with E-state index in [4.69, 9.17) is 9.47 Å². The lowest BCUT2D eigenvalue weighted by Crippen LogP contribution is -2.29. The van der Waals surface area contributed by atoms with Gasteiger partial charge in [-0.1, -0.05) is 36.4 Å². The lowest BCUT2D eigenvalue weighted by Gasteiger charge is -2.26. The normalized spacial score (nSPS) is 16.8. The van der Waals surface area contributed by atoms with E-state index < -0.39 is 17.7 Å². The Kier molecular flexibility index (Phi) is 6.55. The minimum Gasteiger partial charge on any atom is -0.507 e. The van der Waals surface area contributed by atoms with Gasteiger partial charge in [0.25, 0.3) is 11.7 Å². The average molecular weight is 472 g/mol. The van der Waals surface area contributed by atoms with Crippen LogP contribution in [0.2, 0.25) is 0 Å². The first-order valence-corrected chi connectivity index (χ1v) is 10.8. The highest BCUT2D eigenvalue weighted by atomic mass is 16.5. The first kappa shape index (κ1) is 23.6. The maximum atomic E-state index is 13.3. The smallest absolute Gasteiger partial charge is 0.300 e. The number of amides is 2. The van der Waals surface area contributed by atoms with Crippen LogP contribution in [0, 0.1) is 0 Å². The van der Waals surface area contributed by atoms with E-state index in [1.54, 1.807) is 72.8 Å². The van der Waals surface area contributed by atoms with Gasteiger partial charge in [0, 0.05) is 23.9 Å². The van der Waals surface area contributed by atoms with Crippen molar-refractivity contribution in [1.29, 1.82) is 0 Å². The Morgan fingerprint density at radius 1 is 0.914 bits per heavy atom. The molecule has 0 bridgehead atoms. The number of ether oxygens (including phenoxy) is 2. The summed E-state index contributed by atoms with van der Waals surface area (Å²) in [4.78, 5) is 39.2. The number of hydrogen-bond acceptors (Lipinski definition) is 6. The molecule has 8 nitrogen and oxygen atoms in total. The number of hydrogen-bond donors (Lipinski definition) is 2. The highest BCUT2D eigenvalue weighted by molar-refractivity contribution is 6.51. The van der Waals surface area contributed by atoms with Crippen LogP contribution in [0.1, 0.15) is 24.1 Å². The van der Waals surface area contributed by atoms with Crippen LogP contribution in [0.25, 0.3) is 5.76 Å². The molecule has 0 aromatic heterocycles. The third-order valence-corrected chi connectivity index (χ3v) is 5.68. The van der Waals surface area contributed by atoms with Crippen molar-refractivity contribution in [3.8, 4) is 11.5 Å². The second-order valence-electron chi connectivity index (χ2n) is 7.88. The fourth-order valence-electron chi connectivity index (χ4n) is 4.10. The maximum Gasteiger partial charge on any atom is 0.300 e. The Labute approximate surface area is 202 Å². The number of nitrogens with zero attached hydrogens (tertiary/aromatic N) is 1. The number of aliphatic hydroxyl groups is 1. The molecule has 3 aromatic rings. The third kappa shape index (κ3) is 4.46. The van der Waals surface area contributed by atoms with Crippen molar-refractivity contribution in [1.82, 2.24) is 0 Å². The second-order valence-corrected chi connectivity index (χ2v) is 7.88. The van der Waals surface area contributed by atoms with Crippen LogP contribution in [0.4, 0.5) is 11.4 Å². The van der Waals surface area contributed by atoms with Crippen molar-refractivity contribution in [3.05, 3.63) is 89.5 Å². The predicted octanol–water partition coefficient (Wildman–Crippen LogP) is 4.29. The lowest BCUT2D eigenvalue weighted by molar-refractivity contribution is -0.132. The Hall–Kier alpha value is -4.59. The van der Waals surface area contributed by atoms with E-state index in [1.807, 2.05) is 0 Å². The highest BCUT2D eigenvalue weighted by Crippen LogP contribution is 2.44. The van der Waals surface area contributed by atoms with Gasteiger partial charge in [0.05, 0.1) is 25.8 Å². The van der Waals surface area contributed by atoms with Crippen molar-refractivity contribution >= 4 is 34.7 Å². The van der Waals surface area contributed by atoms with Crippen molar-refractivity contribution in [2.75, 3.05) is 24.4 Å². The molecule has 0 unspecified atom stereocenters. The Bertz CT molecular complexity index is 1320. The van der Waals surface area contributed by atoms with E-state index in [1.165, 1.54) is 26.0 Å². The molecule has 1 aliphatic rings. The summed E-state index contributed by atoms with van der Waals surface area (Å²) in [6, 6.07) is 19.3. The molecular formula is C27H24N2O6. The van der Waals surface area contributed by atoms with Gasteiger partial charge in [0.1, 0.15) is 5.76 Å². The van der Waals surface area contributed by atoms with Gasteiger partial charge in [-0.2, -0.15) is 0 Å². The van der Waals surface area contributed by atoms with Crippen molar-refractivity contribution in [2.24, 2.45) is 0 Å². The first-order valence-electron chi connectivity index (χ1n) is 10.8. The minimum atomic E-state index is -0.929. The number of aliphatic hydroxyl groups excluding tert-OH is 1. The third-order valence-electron chi connectivity index (χ3n) is 5.68. The van der Waals surface area contributed by atoms with Gasteiger partial charge in [0.15, 0.2) is 11.5 Å². The molecule has 1 aliphatic heterocycles. The molecule has 8 heteroatoms. The van der Waals surface area contributed by atoms with Gasteiger partial charge in [-0.05, 0) is 42.0 Å². The molecule has 35 heavy (non-hydrogen) atoms. The standard InChI is InChI=1S/C27H24N2O6/c1-16(30)28-19-10-12-20(13-11-19)29-24(18-9-14-21(34-2)22(15-18)35-3)23(26(32)27(29)33)25(31)17-7-5-4-6-8-17/h4-15,24,31H,1-3H3,(H,28,30)/t24-/m1/s1. The van der Waals surface area contributed by atoms with Crippen LogP contribution >= 0.6 is 0 Å². The van der Waals surface area contributed by atoms with Crippen LogP contribution < -0.4 is 19.7 Å². The minimum absolute atomic E-state index is 0.0423. The Morgan fingerprint density at radius 3 is 2.17 bits per heavy atom. The van der Waals surface area contributed by atoms with Gasteiger partial charge >= 0.3 is 0 Å². The fourth-order valence-corrected chi connectivity index (χ4v) is 4.10. The van der Waals surface area contributed by atoms with Crippen LogP contribution in [0.3, 0.4) is 0 Å². The summed E-state index contributed by atoms with van der Waals surface area (Å²) in [7, 11) is 3.00. The SMILES string of the molecule is COc1ccc([C@@H]2C(=C(O)c3ccccc3)C(=O)C(=O)N2c2ccc(NC(C)=O)cc2)cc1OC. The molecule has 0 spiro atoms. The molecular weight excluding hydrogens is 448 g/mol. The van der Waals surface area contributed by atoms with Crippen molar-refractivity contribution in [3.63, 3.8) is 0 Å². The quantitative estimate of drug-likeness (QED) is 0.315. The molecule has 4 rings (SSSR count). The number of carbonyl (C=O) groups is 3. The molecule has 178 valence electrons. The summed E-state index contributed by atoms with van der Waals surface area (Å²) in [5.74, 6) is -1.20. The van der Waals surface area contributed by atoms with Gasteiger partial charge in [-0.15, -0.1) is 0 Å². The molecule has 0 saturated carbocycles. The first-order chi connectivity index (χ1) is 16.8. The average Bonchev–Trinajstić information content (AvgIpc) is 3.14. The maximum absolute atomic E-state index is 13.3. The van der Waals surface area contributed by atoms with E-state index >= 15 is 0 Å². The number of benzene rings is 3. The Balaban J connectivity index is 1.90. The monoisotopic (exact) mass is 472 g/mol. The molecule has 2 N–H and O–H groups in total. The van der Waals surface area contributed by atoms with E-state index in [0.717, 1.165) is 0 Å². The highest BCUT2D eigenvalue weighted by Gasteiger charge is 2.47. The van der Waals surface area contributed by atoms with E-state index in [-0.39, 0.29) is 17.2 Å². The van der Waals surface area contributed by atoms with Crippen molar-refractivity contribution < 1.29 is 29.0 Å². The number of Topliss-reactive ketones (excluding diaryl/α,β-unsaturated/α-hetero) is 1. The van der Waals surface area contributed by atoms with E-state index in [2.05, 4.69) is 5.32 Å². The predicted molar refractivity (Wildman–Crippen MR) is 132 cm³/mol. The zero-order valence-electron chi connectivity index (χ0n) is 19.4. The Morgan fingerprint density at radius 2 is 1.57 bits per heavy atom. The van der Waals surface area contributed by atoms with Crippen LogP contribution in [-0.4, -0.2) is 36.9 Å². The molecule has 1 saturated heterocycles. The summed E-state index contributed by atoms with van der Waals surface area (Å²) >= 11 is 0. The van der Waals surface area contributed by atoms with Crippen LogP contribution in [0.5, 0.6) is 11.5 Å². The number of anilines is 2. The van der Waals surface area contributed by atoms with E-state index in [9.17, 15) is 19.5 Å².